The van der Waals surface area contributed by atoms with Crippen molar-refractivity contribution >= 4 is 27.6 Å². The summed E-state index contributed by atoms with van der Waals surface area (Å²) in [5.41, 5.74) is 3.38. The molecule has 1 aromatic rings. The monoisotopic (exact) mass is 487 g/mol. The Balaban J connectivity index is 1.49. The number of likely N-dealkylation sites (tertiary alicyclic amines) is 1. The zero-order valence-corrected chi connectivity index (χ0v) is 20.2. The number of hydrogen-bond acceptors (Lipinski definition) is 3. The van der Waals surface area contributed by atoms with Gasteiger partial charge in [0, 0.05) is 30.3 Å². The molecule has 31 heavy (non-hydrogen) atoms. The summed E-state index contributed by atoms with van der Waals surface area (Å²) in [7, 11) is 0. The molecule has 5 rings (SSSR count). The molecule has 168 valence electrons. The second-order valence-corrected chi connectivity index (χ2v) is 11.1. The van der Waals surface area contributed by atoms with E-state index in [2.05, 4.69) is 35.0 Å². The molecule has 1 aromatic carbocycles. The second kappa shape index (κ2) is 8.53. The summed E-state index contributed by atoms with van der Waals surface area (Å²) in [6, 6.07) is 4.37. The average Bonchev–Trinajstić information content (AvgIpc) is 3.41. The van der Waals surface area contributed by atoms with Crippen molar-refractivity contribution in [2.45, 2.75) is 70.6 Å². The van der Waals surface area contributed by atoms with E-state index in [9.17, 15) is 9.59 Å². The van der Waals surface area contributed by atoms with Crippen LogP contribution < -0.4 is 4.74 Å². The van der Waals surface area contributed by atoms with E-state index < -0.39 is 0 Å². The van der Waals surface area contributed by atoms with Crippen LogP contribution in [0.3, 0.4) is 0 Å². The highest BCUT2D eigenvalue weighted by Crippen LogP contribution is 2.59. The second-order valence-electron chi connectivity index (χ2n) is 10.3. The van der Waals surface area contributed by atoms with Crippen LogP contribution in [0.1, 0.15) is 85.7 Å². The molecular weight excluding hydrogens is 454 g/mol. The van der Waals surface area contributed by atoms with Gasteiger partial charge >= 0.3 is 0 Å². The number of aryl methyl sites for hydroxylation is 1. The molecule has 0 spiro atoms. The van der Waals surface area contributed by atoms with Crippen LogP contribution in [0.2, 0.25) is 0 Å². The van der Waals surface area contributed by atoms with E-state index >= 15 is 0 Å². The Labute approximate surface area is 194 Å². The third-order valence-electron chi connectivity index (χ3n) is 8.69. The number of rotatable bonds is 5. The normalized spacial score (nSPS) is 31.9. The number of hydrogen-bond donors (Lipinski definition) is 0. The minimum Gasteiger partial charge on any atom is -0.493 e. The lowest BCUT2D eigenvalue weighted by atomic mass is 9.55. The summed E-state index contributed by atoms with van der Waals surface area (Å²) in [6.45, 7) is 4.55. The predicted molar refractivity (Wildman–Crippen MR) is 125 cm³/mol. The van der Waals surface area contributed by atoms with E-state index in [4.69, 9.17) is 4.74 Å². The number of carbonyl (C=O) groups is 2. The predicted octanol–water partition coefficient (Wildman–Crippen LogP) is 5.51. The van der Waals surface area contributed by atoms with Crippen molar-refractivity contribution in [2.75, 3.05) is 25.0 Å². The van der Waals surface area contributed by atoms with Crippen molar-refractivity contribution in [3.05, 3.63) is 28.8 Å². The van der Waals surface area contributed by atoms with Crippen molar-refractivity contribution in [2.24, 2.45) is 17.3 Å². The topological polar surface area (TPSA) is 46.6 Å². The van der Waals surface area contributed by atoms with Crippen LogP contribution in [0, 0.1) is 17.3 Å². The molecule has 4 atom stereocenters. The summed E-state index contributed by atoms with van der Waals surface area (Å²) in [4.78, 5) is 28.0. The Kier molecular flexibility index (Phi) is 5.91. The molecule has 1 aliphatic heterocycles. The lowest BCUT2D eigenvalue weighted by Gasteiger charge is -2.48. The summed E-state index contributed by atoms with van der Waals surface area (Å²) < 4.78 is 6.14. The maximum atomic E-state index is 13.4. The minimum absolute atomic E-state index is 0.106. The molecule has 0 unspecified atom stereocenters. The molecule has 0 radical (unpaired) electrons. The summed E-state index contributed by atoms with van der Waals surface area (Å²) in [5, 5.41) is 0.899. The number of alkyl halides is 1. The van der Waals surface area contributed by atoms with Crippen LogP contribution in [-0.4, -0.2) is 41.6 Å². The lowest BCUT2D eigenvalue weighted by Crippen LogP contribution is -2.42. The number of carbonyl (C=O) groups excluding carboxylic acids is 2. The first-order valence-corrected chi connectivity index (χ1v) is 13.3. The van der Waals surface area contributed by atoms with Gasteiger partial charge in [-0.05, 0) is 92.4 Å². The van der Waals surface area contributed by atoms with Crippen molar-refractivity contribution in [1.29, 1.82) is 0 Å². The third-order valence-corrected chi connectivity index (χ3v) is 9.25. The van der Waals surface area contributed by atoms with Crippen LogP contribution in [-0.2, 0) is 11.2 Å². The zero-order valence-electron chi connectivity index (χ0n) is 18.6. The summed E-state index contributed by atoms with van der Waals surface area (Å²) in [6.07, 6.45) is 9.18. The quantitative estimate of drug-likeness (QED) is 0.406. The Morgan fingerprint density at radius 1 is 1.19 bits per heavy atom. The number of halogens is 1. The smallest absolute Gasteiger partial charge is 0.257 e. The highest BCUT2D eigenvalue weighted by Gasteiger charge is 2.54. The minimum atomic E-state index is -0.106. The summed E-state index contributed by atoms with van der Waals surface area (Å²) in [5.74, 6) is 2.96. The molecule has 5 heteroatoms. The Hall–Kier alpha value is -1.36. The highest BCUT2D eigenvalue weighted by molar-refractivity contribution is 9.09. The van der Waals surface area contributed by atoms with Gasteiger partial charge in [-0.1, -0.05) is 22.9 Å². The zero-order chi connectivity index (χ0) is 21.6. The molecule has 2 saturated carbocycles. The fourth-order valence-corrected chi connectivity index (χ4v) is 7.21. The number of ether oxygens (including phenoxy) is 1. The van der Waals surface area contributed by atoms with E-state index in [1.54, 1.807) is 0 Å². The first kappa shape index (κ1) is 21.5. The fourth-order valence-electron chi connectivity index (χ4n) is 6.98. The number of nitrogens with zero attached hydrogens (tertiary/aromatic N) is 1. The highest BCUT2D eigenvalue weighted by atomic mass is 79.9. The van der Waals surface area contributed by atoms with Gasteiger partial charge in [0.2, 0.25) is 0 Å². The maximum Gasteiger partial charge on any atom is 0.257 e. The molecule has 1 saturated heterocycles. The van der Waals surface area contributed by atoms with Gasteiger partial charge in [-0.15, -0.1) is 0 Å². The molecule has 3 aliphatic carbocycles. The molecule has 0 aromatic heterocycles. The van der Waals surface area contributed by atoms with Gasteiger partial charge in [0.25, 0.3) is 5.91 Å². The lowest BCUT2D eigenvalue weighted by molar-refractivity contribution is -0.129. The van der Waals surface area contributed by atoms with Gasteiger partial charge in [0.05, 0.1) is 12.2 Å². The van der Waals surface area contributed by atoms with Gasteiger partial charge in [0.15, 0.2) is 0 Å². The summed E-state index contributed by atoms with van der Waals surface area (Å²) >= 11 is 3.47. The number of Topliss-reactive ketones (excluding diaryl/α,β-unsaturated/α-hetero) is 1. The standard InChI is InChI=1S/C26H34BrNO3/c1-26-10-9-18-19(22(26)7-8-24(26)29)6-5-17-15-23(31-14-4-11-27)21(16-20(17)18)25(30)28-12-2-3-13-28/h15-16,18-19,22H,2-14H2,1H3/t18-,19+,22-,26-/m0/s1. The molecular formula is C26H34BrNO3. The van der Waals surface area contributed by atoms with Crippen LogP contribution in [0.15, 0.2) is 12.1 Å². The van der Waals surface area contributed by atoms with Gasteiger partial charge in [0.1, 0.15) is 11.5 Å². The van der Waals surface area contributed by atoms with Crippen molar-refractivity contribution < 1.29 is 14.3 Å². The molecule has 1 heterocycles. The van der Waals surface area contributed by atoms with Crippen molar-refractivity contribution in [1.82, 2.24) is 4.90 Å². The van der Waals surface area contributed by atoms with E-state index in [0.29, 0.717) is 30.1 Å². The molecule has 4 nitrogen and oxygen atoms in total. The Morgan fingerprint density at radius 3 is 2.77 bits per heavy atom. The first-order chi connectivity index (χ1) is 15.0. The van der Waals surface area contributed by atoms with Crippen LogP contribution in [0.25, 0.3) is 0 Å². The molecule has 0 N–H and O–H groups in total. The maximum absolute atomic E-state index is 13.4. The van der Waals surface area contributed by atoms with Crippen molar-refractivity contribution in [3.63, 3.8) is 0 Å². The third kappa shape index (κ3) is 3.65. The van der Waals surface area contributed by atoms with Gasteiger partial charge < -0.3 is 9.64 Å². The molecule has 0 bridgehead atoms. The van der Waals surface area contributed by atoms with Crippen LogP contribution >= 0.6 is 15.9 Å². The molecule has 3 fully saturated rings. The van der Waals surface area contributed by atoms with Crippen LogP contribution in [0.5, 0.6) is 5.75 Å². The number of ketones is 1. The Morgan fingerprint density at radius 2 is 2.00 bits per heavy atom. The van der Waals surface area contributed by atoms with Crippen LogP contribution in [0.4, 0.5) is 0 Å². The van der Waals surface area contributed by atoms with E-state index in [0.717, 1.165) is 87.5 Å². The largest absolute Gasteiger partial charge is 0.493 e. The van der Waals surface area contributed by atoms with Gasteiger partial charge in [-0.3, -0.25) is 9.59 Å². The van der Waals surface area contributed by atoms with Crippen molar-refractivity contribution in [3.8, 4) is 5.75 Å². The SMILES string of the molecule is C[C@]12CC[C@@H]3c4cc(C(=O)N5CCCC5)c(OCCCBr)cc4CC[C@H]3[C@@H]1CCC2=O. The molecule has 1 amide bonds. The van der Waals surface area contributed by atoms with E-state index in [1.807, 2.05) is 4.90 Å². The first-order valence-electron chi connectivity index (χ1n) is 12.2. The number of fused-ring (bicyclic) bond motifs is 5. The number of amides is 1. The molecule has 4 aliphatic rings. The fraction of sp³-hybridized carbons (Fsp3) is 0.692. The van der Waals surface area contributed by atoms with E-state index in [-0.39, 0.29) is 11.3 Å². The van der Waals surface area contributed by atoms with Gasteiger partial charge in [-0.25, -0.2) is 0 Å². The average molecular weight is 488 g/mol. The van der Waals surface area contributed by atoms with Gasteiger partial charge in [-0.2, -0.15) is 0 Å². The Bertz CT molecular complexity index is 878. The number of benzene rings is 1. The van der Waals surface area contributed by atoms with E-state index in [1.165, 1.54) is 11.1 Å².